The van der Waals surface area contributed by atoms with Crippen molar-refractivity contribution in [2.75, 3.05) is 0 Å². The van der Waals surface area contributed by atoms with E-state index in [0.29, 0.717) is 5.92 Å². The standard InChI is InChI=1S/C27H28NSi/c1-14-12-19-10-8-9-11-20(19)22(14)25-24-21(13-15(2)27(25)29(6)7)28-26-18(5)16(3)17(4)23(24)26/h8-13,22H,1-7H3. The largest absolute Gasteiger partial charge is 0.247 e. The van der Waals surface area contributed by atoms with Gasteiger partial charge in [-0.2, -0.15) is 0 Å². The average Bonchev–Trinajstić information content (AvgIpc) is 3.27. The molecule has 0 spiro atoms. The van der Waals surface area contributed by atoms with Crippen LogP contribution in [0.15, 0.2) is 57.6 Å². The van der Waals surface area contributed by atoms with Crippen LogP contribution in [0.4, 0.5) is 5.69 Å². The van der Waals surface area contributed by atoms with Crippen molar-refractivity contribution in [3.8, 4) is 0 Å². The minimum atomic E-state index is -0.641. The molecule has 1 radical (unpaired) electrons. The molecule has 145 valence electrons. The molecule has 2 aliphatic carbocycles. The van der Waals surface area contributed by atoms with Gasteiger partial charge in [-0.3, -0.25) is 0 Å². The third-order valence-corrected chi connectivity index (χ3v) is 8.71. The summed E-state index contributed by atoms with van der Waals surface area (Å²) in [6.07, 6.45) is 2.39. The maximum Gasteiger partial charge on any atom is 0.0799 e. The zero-order valence-electron chi connectivity index (χ0n) is 18.5. The minimum absolute atomic E-state index is 0.339. The Morgan fingerprint density at radius 2 is 1.62 bits per heavy atom. The number of nitrogens with zero attached hydrogens (tertiary/aromatic N) is 1. The van der Waals surface area contributed by atoms with Crippen molar-refractivity contribution in [3.63, 3.8) is 0 Å². The molecule has 2 heteroatoms. The Bertz CT molecular complexity index is 1220. The highest BCUT2D eigenvalue weighted by Gasteiger charge is 2.38. The zero-order valence-corrected chi connectivity index (χ0v) is 19.5. The first-order valence-electron chi connectivity index (χ1n) is 10.5. The molecule has 0 bridgehead atoms. The van der Waals surface area contributed by atoms with Crippen molar-refractivity contribution in [2.24, 2.45) is 4.99 Å². The van der Waals surface area contributed by atoms with Gasteiger partial charge >= 0.3 is 0 Å². The van der Waals surface area contributed by atoms with Crippen molar-refractivity contribution in [3.05, 3.63) is 80.4 Å². The van der Waals surface area contributed by atoms with Gasteiger partial charge in [-0.25, -0.2) is 4.99 Å². The minimum Gasteiger partial charge on any atom is -0.247 e. The van der Waals surface area contributed by atoms with Gasteiger partial charge in [-0.05, 0) is 79.7 Å². The Labute approximate surface area is 176 Å². The van der Waals surface area contributed by atoms with Crippen molar-refractivity contribution in [1.29, 1.82) is 0 Å². The van der Waals surface area contributed by atoms with Gasteiger partial charge in [0.15, 0.2) is 0 Å². The van der Waals surface area contributed by atoms with Crippen LogP contribution in [-0.4, -0.2) is 14.5 Å². The molecule has 0 N–H and O–H groups in total. The van der Waals surface area contributed by atoms with Crippen LogP contribution >= 0.6 is 0 Å². The molecule has 1 aliphatic heterocycles. The number of allylic oxidation sites excluding steroid dienone is 5. The maximum absolute atomic E-state index is 5.16. The average molecular weight is 395 g/mol. The Morgan fingerprint density at radius 1 is 0.897 bits per heavy atom. The molecule has 0 aromatic heterocycles. The van der Waals surface area contributed by atoms with E-state index in [1.54, 1.807) is 5.19 Å². The smallest absolute Gasteiger partial charge is 0.0799 e. The Kier molecular flexibility index (Phi) is 4.01. The molecular weight excluding hydrogens is 366 g/mol. The lowest BCUT2D eigenvalue weighted by Crippen LogP contribution is -2.32. The molecule has 29 heavy (non-hydrogen) atoms. The van der Waals surface area contributed by atoms with E-state index in [4.69, 9.17) is 4.99 Å². The van der Waals surface area contributed by atoms with Gasteiger partial charge < -0.3 is 0 Å². The molecule has 1 heterocycles. The van der Waals surface area contributed by atoms with Crippen LogP contribution in [0.3, 0.4) is 0 Å². The van der Waals surface area contributed by atoms with Crippen LogP contribution in [-0.2, 0) is 0 Å². The van der Waals surface area contributed by atoms with Crippen molar-refractivity contribution in [1.82, 2.24) is 0 Å². The first-order chi connectivity index (χ1) is 13.8. The molecule has 1 nitrogen and oxygen atoms in total. The van der Waals surface area contributed by atoms with Gasteiger partial charge in [0.1, 0.15) is 0 Å². The lowest BCUT2D eigenvalue weighted by atomic mass is 9.82. The topological polar surface area (TPSA) is 12.4 Å². The summed E-state index contributed by atoms with van der Waals surface area (Å²) in [5.74, 6) is 0.339. The van der Waals surface area contributed by atoms with Crippen LogP contribution < -0.4 is 5.19 Å². The number of rotatable bonds is 2. The highest BCUT2D eigenvalue weighted by molar-refractivity contribution is 6.72. The van der Waals surface area contributed by atoms with Gasteiger partial charge in [-0.15, -0.1) is 0 Å². The Morgan fingerprint density at radius 3 is 2.34 bits per heavy atom. The summed E-state index contributed by atoms with van der Waals surface area (Å²) >= 11 is 0. The van der Waals surface area contributed by atoms with E-state index in [1.165, 1.54) is 67.1 Å². The number of aryl methyl sites for hydroxylation is 1. The van der Waals surface area contributed by atoms with E-state index in [-0.39, 0.29) is 0 Å². The molecule has 1 atom stereocenters. The van der Waals surface area contributed by atoms with Crippen LogP contribution in [0.1, 0.15) is 61.4 Å². The summed E-state index contributed by atoms with van der Waals surface area (Å²) < 4.78 is 0. The molecule has 0 amide bonds. The second-order valence-electron chi connectivity index (χ2n) is 9.04. The van der Waals surface area contributed by atoms with E-state index in [0.717, 1.165) is 0 Å². The molecule has 5 rings (SSSR count). The molecule has 0 saturated carbocycles. The quantitative estimate of drug-likeness (QED) is 0.502. The van der Waals surface area contributed by atoms with E-state index < -0.39 is 8.80 Å². The summed E-state index contributed by atoms with van der Waals surface area (Å²) in [6, 6.07) is 11.3. The van der Waals surface area contributed by atoms with Gasteiger partial charge in [0.2, 0.25) is 0 Å². The van der Waals surface area contributed by atoms with Gasteiger partial charge in [0.05, 0.1) is 20.2 Å². The highest BCUT2D eigenvalue weighted by atomic mass is 28.3. The van der Waals surface area contributed by atoms with E-state index >= 15 is 0 Å². The number of hydrogen-bond acceptors (Lipinski definition) is 1. The highest BCUT2D eigenvalue weighted by Crippen LogP contribution is 2.51. The predicted octanol–water partition coefficient (Wildman–Crippen LogP) is 6.71. The lowest BCUT2D eigenvalue weighted by Gasteiger charge is -2.26. The summed E-state index contributed by atoms with van der Waals surface area (Å²) in [6.45, 7) is 16.2. The lowest BCUT2D eigenvalue weighted by molar-refractivity contribution is 0.978. The van der Waals surface area contributed by atoms with Crippen LogP contribution in [0.25, 0.3) is 11.6 Å². The maximum atomic E-state index is 5.16. The second-order valence-corrected chi connectivity index (χ2v) is 11.5. The third-order valence-electron chi connectivity index (χ3n) is 7.05. The van der Waals surface area contributed by atoms with E-state index in [1.807, 2.05) is 0 Å². The molecule has 0 fully saturated rings. The fourth-order valence-electron chi connectivity index (χ4n) is 5.57. The summed E-state index contributed by atoms with van der Waals surface area (Å²) in [4.78, 5) is 5.16. The van der Waals surface area contributed by atoms with Gasteiger partial charge in [-0.1, -0.05) is 54.2 Å². The number of aliphatic imine (C=N–C) groups is 1. The molecule has 3 aliphatic rings. The van der Waals surface area contributed by atoms with Crippen LogP contribution in [0, 0.1) is 6.92 Å². The van der Waals surface area contributed by atoms with Gasteiger partial charge in [0.25, 0.3) is 0 Å². The fourth-order valence-corrected chi connectivity index (χ4v) is 7.24. The van der Waals surface area contributed by atoms with Gasteiger partial charge in [0, 0.05) is 17.1 Å². The SMILES string of the molecule is CC1=Cc2ccccc2C1c1c2c(cc(C)c1[Si](C)C)N=C1C(C)=C(C)C(C)=C12. The van der Waals surface area contributed by atoms with Crippen LogP contribution in [0.5, 0.6) is 0 Å². The summed E-state index contributed by atoms with van der Waals surface area (Å²) in [5, 5.41) is 1.60. The molecule has 2 aromatic carbocycles. The molecule has 1 unspecified atom stereocenters. The fraction of sp³-hybridized carbons (Fsp3) is 0.296. The number of fused-ring (bicyclic) bond motifs is 4. The third kappa shape index (κ3) is 2.42. The van der Waals surface area contributed by atoms with Crippen molar-refractivity contribution >= 4 is 37.0 Å². The molecule has 0 saturated heterocycles. The van der Waals surface area contributed by atoms with Crippen molar-refractivity contribution in [2.45, 2.75) is 53.6 Å². The van der Waals surface area contributed by atoms with E-state index in [2.05, 4.69) is 84.1 Å². The first-order valence-corrected chi connectivity index (χ1v) is 13.0. The van der Waals surface area contributed by atoms with E-state index in [9.17, 15) is 0 Å². The summed E-state index contributed by atoms with van der Waals surface area (Å²) in [7, 11) is -0.641. The molecule has 2 aromatic rings. The zero-order chi connectivity index (χ0) is 20.6. The number of hydrogen-bond donors (Lipinski definition) is 0. The Hall–Kier alpha value is -2.45. The normalized spacial score (nSPS) is 19.7. The Balaban J connectivity index is 1.87. The second kappa shape index (κ2) is 6.27. The first kappa shape index (κ1) is 18.6. The monoisotopic (exact) mass is 394 g/mol. The summed E-state index contributed by atoms with van der Waals surface area (Å²) in [5.41, 5.74) is 16.6. The van der Waals surface area contributed by atoms with Crippen LogP contribution in [0.2, 0.25) is 13.1 Å². The molecular formula is C27H28NSi. The van der Waals surface area contributed by atoms with Crippen molar-refractivity contribution < 1.29 is 0 Å². The number of benzene rings is 2. The predicted molar refractivity (Wildman–Crippen MR) is 128 cm³/mol.